The molecule has 0 aromatic carbocycles. The van der Waals surface area contributed by atoms with Crippen LogP contribution in [0.2, 0.25) is 0 Å². The first-order valence-corrected chi connectivity index (χ1v) is 6.20. The Labute approximate surface area is 75.6 Å². The summed E-state index contributed by atoms with van der Waals surface area (Å²) in [6, 6.07) is 0.125. The van der Waals surface area contributed by atoms with E-state index in [1.54, 1.807) is 6.92 Å². The molecule has 74 valence electrons. The zero-order valence-electron chi connectivity index (χ0n) is 8.13. The molecule has 0 aliphatic rings. The molecular formula is C8H19NO2S. The van der Waals surface area contributed by atoms with Crippen molar-refractivity contribution < 1.29 is 8.42 Å². The minimum absolute atomic E-state index is 0.125. The van der Waals surface area contributed by atoms with Gasteiger partial charge >= 0.3 is 0 Å². The Morgan fingerprint density at radius 3 is 2.17 bits per heavy atom. The van der Waals surface area contributed by atoms with Gasteiger partial charge in [0.2, 0.25) is 10.0 Å². The maximum atomic E-state index is 11.1. The van der Waals surface area contributed by atoms with E-state index in [0.717, 1.165) is 19.3 Å². The van der Waals surface area contributed by atoms with Gasteiger partial charge in [-0.3, -0.25) is 0 Å². The van der Waals surface area contributed by atoms with Crippen LogP contribution in [0.4, 0.5) is 0 Å². The third-order valence-electron chi connectivity index (χ3n) is 1.86. The van der Waals surface area contributed by atoms with Gasteiger partial charge in [-0.1, -0.05) is 20.3 Å². The Morgan fingerprint density at radius 1 is 1.25 bits per heavy atom. The van der Waals surface area contributed by atoms with Crippen molar-refractivity contribution in [1.29, 1.82) is 0 Å². The standard InChI is InChI=1S/C8H19NO2S/c1-4-7-8(5-2)9-12(10,11)6-3/h8-9H,4-7H2,1-3H3. The fourth-order valence-electron chi connectivity index (χ4n) is 1.03. The SMILES string of the molecule is CCCC(CC)NS(=O)(=O)CC. The molecule has 0 aliphatic heterocycles. The van der Waals surface area contributed by atoms with Gasteiger partial charge in [0.05, 0.1) is 5.75 Å². The third-order valence-corrected chi connectivity index (χ3v) is 3.31. The van der Waals surface area contributed by atoms with Crippen LogP contribution in [0.25, 0.3) is 0 Å². The largest absolute Gasteiger partial charge is 0.212 e. The van der Waals surface area contributed by atoms with Gasteiger partial charge in [0.15, 0.2) is 0 Å². The number of hydrogen-bond acceptors (Lipinski definition) is 2. The van der Waals surface area contributed by atoms with Crippen LogP contribution in [0.3, 0.4) is 0 Å². The van der Waals surface area contributed by atoms with Gasteiger partial charge in [-0.2, -0.15) is 0 Å². The highest BCUT2D eigenvalue weighted by molar-refractivity contribution is 7.89. The van der Waals surface area contributed by atoms with Gasteiger partial charge in [-0.05, 0) is 19.8 Å². The van der Waals surface area contributed by atoms with Crippen molar-refractivity contribution in [2.75, 3.05) is 5.75 Å². The Hall–Kier alpha value is -0.0900. The summed E-state index contributed by atoms with van der Waals surface area (Å²) in [6.45, 7) is 5.71. The van der Waals surface area contributed by atoms with Crippen molar-refractivity contribution in [3.63, 3.8) is 0 Å². The van der Waals surface area contributed by atoms with E-state index in [2.05, 4.69) is 11.6 Å². The summed E-state index contributed by atoms with van der Waals surface area (Å²) in [5.41, 5.74) is 0. The van der Waals surface area contributed by atoms with Crippen LogP contribution in [0.15, 0.2) is 0 Å². The number of sulfonamides is 1. The van der Waals surface area contributed by atoms with Gasteiger partial charge in [-0.25, -0.2) is 13.1 Å². The minimum Gasteiger partial charge on any atom is -0.212 e. The molecular weight excluding hydrogens is 174 g/mol. The number of nitrogens with one attached hydrogen (secondary N) is 1. The minimum atomic E-state index is -3.00. The smallest absolute Gasteiger partial charge is 0.211 e. The maximum absolute atomic E-state index is 11.1. The summed E-state index contributed by atoms with van der Waals surface area (Å²) in [4.78, 5) is 0. The fourth-order valence-corrected chi connectivity index (χ4v) is 1.99. The first-order chi connectivity index (χ1) is 5.55. The lowest BCUT2D eigenvalue weighted by molar-refractivity contribution is 0.513. The molecule has 0 heterocycles. The topological polar surface area (TPSA) is 46.2 Å². The van der Waals surface area contributed by atoms with Crippen LogP contribution >= 0.6 is 0 Å². The van der Waals surface area contributed by atoms with Crippen molar-refractivity contribution in [3.05, 3.63) is 0 Å². The molecule has 3 nitrogen and oxygen atoms in total. The van der Waals surface area contributed by atoms with E-state index in [0.29, 0.717) is 0 Å². The van der Waals surface area contributed by atoms with Crippen LogP contribution in [-0.2, 0) is 10.0 Å². The van der Waals surface area contributed by atoms with Crippen molar-refractivity contribution in [2.24, 2.45) is 0 Å². The maximum Gasteiger partial charge on any atom is 0.211 e. The van der Waals surface area contributed by atoms with Crippen LogP contribution in [0.1, 0.15) is 40.0 Å². The molecule has 0 amide bonds. The Balaban J connectivity index is 4.02. The normalized spacial score (nSPS) is 14.6. The van der Waals surface area contributed by atoms with E-state index in [1.165, 1.54) is 0 Å². The highest BCUT2D eigenvalue weighted by Crippen LogP contribution is 2.02. The first kappa shape index (κ1) is 11.9. The van der Waals surface area contributed by atoms with Crippen LogP contribution < -0.4 is 4.72 Å². The van der Waals surface area contributed by atoms with Crippen molar-refractivity contribution in [1.82, 2.24) is 4.72 Å². The molecule has 0 aromatic rings. The number of rotatable bonds is 6. The Kier molecular flexibility index (Phi) is 5.50. The van der Waals surface area contributed by atoms with Gasteiger partial charge in [0.1, 0.15) is 0 Å². The van der Waals surface area contributed by atoms with Gasteiger partial charge in [0.25, 0.3) is 0 Å². The fraction of sp³-hybridized carbons (Fsp3) is 1.00. The molecule has 0 spiro atoms. The molecule has 12 heavy (non-hydrogen) atoms. The molecule has 0 aliphatic carbocycles. The monoisotopic (exact) mass is 193 g/mol. The first-order valence-electron chi connectivity index (χ1n) is 4.55. The lowest BCUT2D eigenvalue weighted by Gasteiger charge is -2.14. The molecule has 0 fully saturated rings. The molecule has 0 saturated heterocycles. The van der Waals surface area contributed by atoms with Crippen molar-refractivity contribution in [2.45, 2.75) is 46.1 Å². The number of hydrogen-bond donors (Lipinski definition) is 1. The molecule has 4 heteroatoms. The summed E-state index contributed by atoms with van der Waals surface area (Å²) in [5.74, 6) is 0.174. The third kappa shape index (κ3) is 4.72. The molecule has 1 unspecified atom stereocenters. The lowest BCUT2D eigenvalue weighted by Crippen LogP contribution is -2.35. The lowest BCUT2D eigenvalue weighted by atomic mass is 10.1. The zero-order valence-corrected chi connectivity index (χ0v) is 8.95. The van der Waals surface area contributed by atoms with Gasteiger partial charge in [0, 0.05) is 6.04 Å². The summed E-state index contributed by atoms with van der Waals surface area (Å²) in [7, 11) is -3.00. The quantitative estimate of drug-likeness (QED) is 0.695. The predicted molar refractivity (Wildman–Crippen MR) is 51.6 cm³/mol. The summed E-state index contributed by atoms with van der Waals surface area (Å²) in [6.07, 6.45) is 2.81. The summed E-state index contributed by atoms with van der Waals surface area (Å²) >= 11 is 0. The Bertz CT molecular complexity index is 199. The molecule has 1 atom stereocenters. The van der Waals surface area contributed by atoms with E-state index in [1.807, 2.05) is 6.92 Å². The van der Waals surface area contributed by atoms with Gasteiger partial charge in [-0.15, -0.1) is 0 Å². The predicted octanol–water partition coefficient (Wildman–Crippen LogP) is 1.50. The molecule has 0 rings (SSSR count). The van der Waals surface area contributed by atoms with Crippen molar-refractivity contribution in [3.8, 4) is 0 Å². The van der Waals surface area contributed by atoms with Crippen LogP contribution in [-0.4, -0.2) is 20.2 Å². The molecule has 0 saturated carbocycles. The van der Waals surface area contributed by atoms with E-state index < -0.39 is 10.0 Å². The second kappa shape index (κ2) is 5.54. The van der Waals surface area contributed by atoms with E-state index >= 15 is 0 Å². The second-order valence-electron chi connectivity index (χ2n) is 2.92. The van der Waals surface area contributed by atoms with E-state index in [-0.39, 0.29) is 11.8 Å². The van der Waals surface area contributed by atoms with Crippen LogP contribution in [0.5, 0.6) is 0 Å². The summed E-state index contributed by atoms with van der Waals surface area (Å²) < 4.78 is 24.9. The Morgan fingerprint density at radius 2 is 1.83 bits per heavy atom. The average Bonchev–Trinajstić information content (AvgIpc) is 2.03. The van der Waals surface area contributed by atoms with E-state index in [4.69, 9.17) is 0 Å². The molecule has 0 radical (unpaired) electrons. The average molecular weight is 193 g/mol. The molecule has 1 N–H and O–H groups in total. The van der Waals surface area contributed by atoms with E-state index in [9.17, 15) is 8.42 Å². The molecule has 0 bridgehead atoms. The highest BCUT2D eigenvalue weighted by atomic mass is 32.2. The van der Waals surface area contributed by atoms with Crippen LogP contribution in [0, 0.1) is 0 Å². The van der Waals surface area contributed by atoms with Crippen molar-refractivity contribution >= 4 is 10.0 Å². The summed E-state index contributed by atoms with van der Waals surface area (Å²) in [5, 5.41) is 0. The highest BCUT2D eigenvalue weighted by Gasteiger charge is 2.12. The second-order valence-corrected chi connectivity index (χ2v) is 4.96. The van der Waals surface area contributed by atoms with Gasteiger partial charge < -0.3 is 0 Å². The molecule has 0 aromatic heterocycles. The zero-order chi connectivity index (χ0) is 9.61.